The molecule has 0 saturated heterocycles. The molecule has 0 spiro atoms. The minimum Gasteiger partial charge on any atom is -0.356 e. The van der Waals surface area contributed by atoms with Gasteiger partial charge in [-0.25, -0.2) is 0 Å². The number of unbranched alkanes of at least 4 members (excludes halogenated alkanes) is 1. The van der Waals surface area contributed by atoms with Crippen LogP contribution in [0, 0.1) is 0 Å². The first kappa shape index (κ1) is 20.7. The second-order valence-corrected chi connectivity index (χ2v) is 5.74. The molecular weight excluding hydrogens is 439 g/mol. The summed E-state index contributed by atoms with van der Waals surface area (Å²) < 4.78 is 1.98. The molecule has 1 N–H and O–H groups in total. The molecular formula is C16H24ClIN6. The first-order valence-corrected chi connectivity index (χ1v) is 8.06. The Bertz CT molecular complexity index is 617. The highest BCUT2D eigenvalue weighted by Crippen LogP contribution is 2.16. The van der Waals surface area contributed by atoms with Crippen molar-refractivity contribution in [1.82, 2.24) is 25.0 Å². The molecule has 8 heteroatoms. The fourth-order valence-corrected chi connectivity index (χ4v) is 2.49. The van der Waals surface area contributed by atoms with Crippen LogP contribution >= 0.6 is 35.6 Å². The highest BCUT2D eigenvalue weighted by atomic mass is 127. The minimum atomic E-state index is 0. The van der Waals surface area contributed by atoms with Crippen LogP contribution in [0.2, 0.25) is 5.02 Å². The van der Waals surface area contributed by atoms with Crippen molar-refractivity contribution in [3.05, 3.63) is 47.5 Å². The lowest BCUT2D eigenvalue weighted by molar-refractivity contribution is 0.473. The Hall–Kier alpha value is -1.35. The average Bonchev–Trinajstić information content (AvgIpc) is 3.06. The Labute approximate surface area is 165 Å². The topological polar surface area (TPSA) is 58.3 Å². The normalized spacial score (nSPS) is 11.0. The zero-order valence-corrected chi connectivity index (χ0v) is 17.1. The lowest BCUT2D eigenvalue weighted by Gasteiger charge is -2.22. The number of guanidine groups is 1. The van der Waals surface area contributed by atoms with Gasteiger partial charge >= 0.3 is 0 Å². The second-order valence-electron chi connectivity index (χ2n) is 5.33. The Kier molecular flexibility index (Phi) is 9.70. The Morgan fingerprint density at radius 1 is 1.25 bits per heavy atom. The molecule has 2 aromatic rings. The van der Waals surface area contributed by atoms with E-state index in [1.165, 1.54) is 0 Å². The van der Waals surface area contributed by atoms with Gasteiger partial charge in [-0.2, -0.15) is 0 Å². The van der Waals surface area contributed by atoms with Gasteiger partial charge in [-0.3, -0.25) is 4.99 Å². The lowest BCUT2D eigenvalue weighted by Crippen LogP contribution is -2.39. The van der Waals surface area contributed by atoms with E-state index < -0.39 is 0 Å². The van der Waals surface area contributed by atoms with Crippen molar-refractivity contribution in [2.45, 2.75) is 25.9 Å². The van der Waals surface area contributed by atoms with Crippen LogP contribution in [0.1, 0.15) is 18.4 Å². The maximum atomic E-state index is 6.21. The molecule has 6 nitrogen and oxygen atoms in total. The minimum absolute atomic E-state index is 0. The van der Waals surface area contributed by atoms with E-state index in [2.05, 4.69) is 25.4 Å². The van der Waals surface area contributed by atoms with E-state index in [0.717, 1.165) is 49.0 Å². The van der Waals surface area contributed by atoms with E-state index in [-0.39, 0.29) is 24.0 Å². The van der Waals surface area contributed by atoms with Crippen molar-refractivity contribution < 1.29 is 0 Å². The highest BCUT2D eigenvalue weighted by molar-refractivity contribution is 14.0. The largest absolute Gasteiger partial charge is 0.356 e. The number of nitrogens with zero attached hydrogens (tertiary/aromatic N) is 5. The van der Waals surface area contributed by atoms with Crippen LogP contribution in [0.15, 0.2) is 41.9 Å². The lowest BCUT2D eigenvalue weighted by atomic mass is 10.2. The fraction of sp³-hybridized carbons (Fsp3) is 0.438. The number of aromatic nitrogens is 3. The van der Waals surface area contributed by atoms with E-state index in [4.69, 9.17) is 11.6 Å². The molecule has 0 unspecified atom stereocenters. The highest BCUT2D eigenvalue weighted by Gasteiger charge is 2.08. The summed E-state index contributed by atoms with van der Waals surface area (Å²) in [6.07, 6.45) is 5.60. The molecule has 0 amide bonds. The van der Waals surface area contributed by atoms with Gasteiger partial charge in [-0.1, -0.05) is 29.8 Å². The van der Waals surface area contributed by atoms with Crippen LogP contribution in [0.3, 0.4) is 0 Å². The van der Waals surface area contributed by atoms with Gasteiger partial charge < -0.3 is 14.8 Å². The molecule has 1 aromatic carbocycles. The molecule has 0 fully saturated rings. The zero-order chi connectivity index (χ0) is 16.5. The van der Waals surface area contributed by atoms with Crippen LogP contribution in [0.4, 0.5) is 0 Å². The molecule has 0 aliphatic rings. The van der Waals surface area contributed by atoms with Gasteiger partial charge in [0.1, 0.15) is 12.7 Å². The second kappa shape index (κ2) is 11.2. The van der Waals surface area contributed by atoms with Crippen molar-refractivity contribution in [2.24, 2.45) is 4.99 Å². The molecule has 132 valence electrons. The molecule has 0 aliphatic heterocycles. The van der Waals surface area contributed by atoms with Crippen molar-refractivity contribution in [3.8, 4) is 0 Å². The van der Waals surface area contributed by atoms with Gasteiger partial charge in [0, 0.05) is 38.8 Å². The number of benzene rings is 1. The molecule has 0 atom stereocenters. The molecule has 0 bridgehead atoms. The summed E-state index contributed by atoms with van der Waals surface area (Å²) >= 11 is 6.21. The van der Waals surface area contributed by atoms with Crippen molar-refractivity contribution in [3.63, 3.8) is 0 Å². The molecule has 0 radical (unpaired) electrons. The average molecular weight is 463 g/mol. The summed E-state index contributed by atoms with van der Waals surface area (Å²) in [4.78, 5) is 6.39. The Morgan fingerprint density at radius 2 is 1.96 bits per heavy atom. The predicted octanol–water partition coefficient (Wildman–Crippen LogP) is 3.04. The molecule has 0 aliphatic carbocycles. The van der Waals surface area contributed by atoms with E-state index in [1.807, 2.05) is 35.9 Å². The third-order valence-corrected chi connectivity index (χ3v) is 3.90. The fourth-order valence-electron chi connectivity index (χ4n) is 2.30. The number of rotatable bonds is 7. The van der Waals surface area contributed by atoms with Gasteiger partial charge in [-0.05, 0) is 24.5 Å². The van der Waals surface area contributed by atoms with E-state index >= 15 is 0 Å². The maximum absolute atomic E-state index is 6.21. The summed E-state index contributed by atoms with van der Waals surface area (Å²) in [6.45, 7) is 2.53. The van der Waals surface area contributed by atoms with Crippen molar-refractivity contribution >= 4 is 41.5 Å². The van der Waals surface area contributed by atoms with Crippen LogP contribution in [0.5, 0.6) is 0 Å². The standard InChI is InChI=1S/C16H23ClN6.HI/c1-18-16(19-9-5-6-10-23-12-20-21-13-23)22(2)11-14-7-3-4-8-15(14)17;/h3-4,7-8,12-13H,5-6,9-11H2,1-2H3,(H,18,19);1H. The number of hydrogen-bond acceptors (Lipinski definition) is 3. The van der Waals surface area contributed by atoms with E-state index in [9.17, 15) is 0 Å². The summed E-state index contributed by atoms with van der Waals surface area (Å²) in [5.41, 5.74) is 1.09. The molecule has 0 saturated carbocycles. The van der Waals surface area contributed by atoms with E-state index in [0.29, 0.717) is 0 Å². The number of hydrogen-bond donors (Lipinski definition) is 1. The first-order chi connectivity index (χ1) is 11.2. The zero-order valence-electron chi connectivity index (χ0n) is 14.0. The smallest absolute Gasteiger partial charge is 0.193 e. The summed E-state index contributed by atoms with van der Waals surface area (Å²) in [6, 6.07) is 7.88. The van der Waals surface area contributed by atoms with Crippen LogP contribution in [0.25, 0.3) is 0 Å². The van der Waals surface area contributed by atoms with Gasteiger partial charge in [0.15, 0.2) is 5.96 Å². The Balaban J connectivity index is 0.00000288. The molecule has 24 heavy (non-hydrogen) atoms. The third kappa shape index (κ3) is 6.64. The summed E-state index contributed by atoms with van der Waals surface area (Å²) in [5.74, 6) is 0.870. The number of aryl methyl sites for hydroxylation is 1. The maximum Gasteiger partial charge on any atom is 0.193 e. The number of halogens is 2. The number of aliphatic imine (C=N–C) groups is 1. The van der Waals surface area contributed by atoms with Crippen LogP contribution in [-0.4, -0.2) is 46.3 Å². The van der Waals surface area contributed by atoms with E-state index in [1.54, 1.807) is 19.7 Å². The first-order valence-electron chi connectivity index (χ1n) is 7.68. The monoisotopic (exact) mass is 462 g/mol. The molecule has 1 heterocycles. The van der Waals surface area contributed by atoms with Crippen molar-refractivity contribution in [1.29, 1.82) is 0 Å². The van der Waals surface area contributed by atoms with Gasteiger partial charge in [0.05, 0.1) is 0 Å². The van der Waals surface area contributed by atoms with Gasteiger partial charge in [0.2, 0.25) is 0 Å². The predicted molar refractivity (Wildman–Crippen MR) is 109 cm³/mol. The number of nitrogens with one attached hydrogen (secondary N) is 1. The van der Waals surface area contributed by atoms with Crippen molar-refractivity contribution in [2.75, 3.05) is 20.6 Å². The summed E-state index contributed by atoms with van der Waals surface area (Å²) in [5, 5.41) is 11.7. The third-order valence-electron chi connectivity index (χ3n) is 3.53. The summed E-state index contributed by atoms with van der Waals surface area (Å²) in [7, 11) is 3.80. The molecule has 2 rings (SSSR count). The van der Waals surface area contributed by atoms with Crippen LogP contribution < -0.4 is 5.32 Å². The SMILES string of the molecule is CN=C(NCCCCn1cnnc1)N(C)Cc1ccccc1Cl.I. The Morgan fingerprint density at radius 3 is 2.62 bits per heavy atom. The molecule has 1 aromatic heterocycles. The van der Waals surface area contributed by atoms with Gasteiger partial charge in [-0.15, -0.1) is 34.2 Å². The van der Waals surface area contributed by atoms with Crippen LogP contribution in [-0.2, 0) is 13.1 Å². The quantitative estimate of drug-likeness (QED) is 0.297. The van der Waals surface area contributed by atoms with Gasteiger partial charge in [0.25, 0.3) is 0 Å².